The summed E-state index contributed by atoms with van der Waals surface area (Å²) < 4.78 is 73.7. The average Bonchev–Trinajstić information content (AvgIpc) is 3.27. The van der Waals surface area contributed by atoms with E-state index in [2.05, 4.69) is 0 Å². The SMILES string of the molecule is CC(C)CN(CC1Cc2c(cc(OCc3ccccc3)c(N(CC(=O)O)C(=O)C(F)(F)F)c2F)O1)C(=O)OC(C)(C)C. The highest BCUT2D eigenvalue weighted by Gasteiger charge is 2.46. The Bertz CT molecular complexity index is 1290. The molecule has 0 radical (unpaired) electrons. The summed E-state index contributed by atoms with van der Waals surface area (Å²) in [4.78, 5) is 37.8. The molecule has 0 bridgehead atoms. The number of halogens is 4. The zero-order valence-electron chi connectivity index (χ0n) is 24.0. The standard InChI is InChI=1S/C29H34F4N2O7/c1-17(2)13-34(27(39)42-28(3,4)5)14-19-11-20-21(41-19)12-22(40-16-18-9-7-6-8-10-18)25(24(20)30)35(15-23(36)37)26(38)29(31,32)33/h6-10,12,17,19H,11,13-16H2,1-5H3,(H,36,37). The number of aliphatic carboxylic acids is 1. The van der Waals surface area contributed by atoms with Gasteiger partial charge in [-0.2, -0.15) is 13.2 Å². The summed E-state index contributed by atoms with van der Waals surface area (Å²) in [7, 11) is 0. The van der Waals surface area contributed by atoms with Gasteiger partial charge in [0.25, 0.3) is 0 Å². The maximum atomic E-state index is 16.1. The zero-order chi connectivity index (χ0) is 31.4. The van der Waals surface area contributed by atoms with Crippen LogP contribution in [0.3, 0.4) is 0 Å². The molecule has 42 heavy (non-hydrogen) atoms. The smallest absolute Gasteiger partial charge is 0.471 e. The maximum absolute atomic E-state index is 16.1. The third-order valence-corrected chi connectivity index (χ3v) is 5.94. The first-order chi connectivity index (χ1) is 19.5. The molecular weight excluding hydrogens is 564 g/mol. The number of hydrogen-bond donors (Lipinski definition) is 1. The van der Waals surface area contributed by atoms with Crippen LogP contribution in [-0.2, 0) is 27.4 Å². The van der Waals surface area contributed by atoms with E-state index in [9.17, 15) is 32.7 Å². The number of ether oxygens (including phenoxy) is 3. The molecule has 0 aliphatic carbocycles. The van der Waals surface area contributed by atoms with Gasteiger partial charge in [0.15, 0.2) is 5.82 Å². The molecule has 1 aliphatic rings. The van der Waals surface area contributed by atoms with E-state index in [0.717, 1.165) is 6.07 Å². The van der Waals surface area contributed by atoms with Crippen molar-refractivity contribution in [2.24, 2.45) is 5.92 Å². The lowest BCUT2D eigenvalue weighted by Gasteiger charge is -2.30. The zero-order valence-corrected chi connectivity index (χ0v) is 24.0. The van der Waals surface area contributed by atoms with Gasteiger partial charge in [0.2, 0.25) is 0 Å². The van der Waals surface area contributed by atoms with Crippen LogP contribution >= 0.6 is 0 Å². The molecule has 13 heteroatoms. The van der Waals surface area contributed by atoms with Gasteiger partial charge in [-0.1, -0.05) is 44.2 Å². The first kappa shape index (κ1) is 32.5. The van der Waals surface area contributed by atoms with E-state index in [1.54, 1.807) is 51.1 Å². The van der Waals surface area contributed by atoms with Crippen LogP contribution < -0.4 is 14.4 Å². The molecule has 1 aliphatic heterocycles. The molecule has 0 aromatic heterocycles. The maximum Gasteiger partial charge on any atom is 0.471 e. The Balaban J connectivity index is 2.02. The van der Waals surface area contributed by atoms with Gasteiger partial charge < -0.3 is 24.2 Å². The van der Waals surface area contributed by atoms with Crippen LogP contribution in [0.4, 0.5) is 28.0 Å². The molecule has 1 N–H and O–H groups in total. The van der Waals surface area contributed by atoms with Crippen LogP contribution in [0.1, 0.15) is 45.7 Å². The van der Waals surface area contributed by atoms with Gasteiger partial charge in [0, 0.05) is 24.6 Å². The van der Waals surface area contributed by atoms with Gasteiger partial charge in [0.1, 0.15) is 42.0 Å². The molecule has 0 spiro atoms. The van der Waals surface area contributed by atoms with Gasteiger partial charge in [-0.15, -0.1) is 0 Å². The van der Waals surface area contributed by atoms with Crippen LogP contribution in [0.25, 0.3) is 0 Å². The lowest BCUT2D eigenvalue weighted by atomic mass is 10.1. The molecule has 3 rings (SSSR count). The Morgan fingerprint density at radius 3 is 2.31 bits per heavy atom. The fourth-order valence-corrected chi connectivity index (χ4v) is 4.35. The van der Waals surface area contributed by atoms with Crippen LogP contribution in [0.15, 0.2) is 36.4 Å². The minimum atomic E-state index is -5.50. The number of amides is 2. The van der Waals surface area contributed by atoms with Crippen molar-refractivity contribution in [3.63, 3.8) is 0 Å². The molecule has 1 heterocycles. The minimum Gasteiger partial charge on any atom is -0.488 e. The van der Waals surface area contributed by atoms with Crippen molar-refractivity contribution in [2.75, 3.05) is 24.5 Å². The van der Waals surface area contributed by atoms with Crippen molar-refractivity contribution in [1.82, 2.24) is 4.90 Å². The Kier molecular flexibility index (Phi) is 9.95. The third-order valence-electron chi connectivity index (χ3n) is 5.94. The number of alkyl halides is 3. The number of carboxylic acid groups (broad SMARTS) is 1. The number of anilines is 1. The summed E-state index contributed by atoms with van der Waals surface area (Å²) >= 11 is 0. The molecule has 0 saturated heterocycles. The Labute approximate surface area is 240 Å². The Hall–Kier alpha value is -4.03. The number of rotatable bonds is 10. The van der Waals surface area contributed by atoms with Gasteiger partial charge >= 0.3 is 24.1 Å². The van der Waals surface area contributed by atoms with Crippen LogP contribution in [0, 0.1) is 11.7 Å². The molecule has 0 fully saturated rings. The second kappa shape index (κ2) is 12.9. The number of carbonyl (C=O) groups is 3. The van der Waals surface area contributed by atoms with E-state index in [0.29, 0.717) is 5.56 Å². The highest BCUT2D eigenvalue weighted by atomic mass is 19.4. The second-order valence-corrected chi connectivity index (χ2v) is 11.3. The summed E-state index contributed by atoms with van der Waals surface area (Å²) in [5.41, 5.74) is -1.35. The van der Waals surface area contributed by atoms with Crippen molar-refractivity contribution >= 4 is 23.7 Å². The molecule has 1 atom stereocenters. The van der Waals surface area contributed by atoms with Gasteiger partial charge in [-0.3, -0.25) is 14.5 Å². The predicted molar refractivity (Wildman–Crippen MR) is 144 cm³/mol. The number of nitrogens with zero attached hydrogens (tertiary/aromatic N) is 2. The fourth-order valence-electron chi connectivity index (χ4n) is 4.35. The third kappa shape index (κ3) is 8.49. The number of carbonyl (C=O) groups excluding carboxylic acids is 2. The van der Waals surface area contributed by atoms with Crippen molar-refractivity contribution in [1.29, 1.82) is 0 Å². The number of benzene rings is 2. The topological polar surface area (TPSA) is 106 Å². The quantitative estimate of drug-likeness (QED) is 0.356. The summed E-state index contributed by atoms with van der Waals surface area (Å²) in [6, 6.07) is 9.56. The summed E-state index contributed by atoms with van der Waals surface area (Å²) in [5.74, 6) is -6.19. The molecule has 2 aromatic rings. The second-order valence-electron chi connectivity index (χ2n) is 11.3. The Morgan fingerprint density at radius 2 is 1.76 bits per heavy atom. The number of carboxylic acids is 1. The van der Waals surface area contributed by atoms with Gasteiger partial charge in [0.05, 0.1) is 6.54 Å². The predicted octanol–water partition coefficient (Wildman–Crippen LogP) is 5.58. The van der Waals surface area contributed by atoms with Crippen LogP contribution in [0.2, 0.25) is 0 Å². The number of fused-ring (bicyclic) bond motifs is 1. The summed E-state index contributed by atoms with van der Waals surface area (Å²) in [6.45, 7) is 7.46. The van der Waals surface area contributed by atoms with E-state index in [1.165, 1.54) is 4.90 Å². The molecule has 230 valence electrons. The van der Waals surface area contributed by atoms with Crippen molar-refractivity contribution in [3.8, 4) is 11.5 Å². The van der Waals surface area contributed by atoms with E-state index < -0.39 is 59.6 Å². The van der Waals surface area contributed by atoms with Crippen molar-refractivity contribution < 1.29 is 51.3 Å². The normalized spacial score (nSPS) is 14.7. The molecular formula is C29H34F4N2O7. The van der Waals surface area contributed by atoms with E-state index >= 15 is 4.39 Å². The van der Waals surface area contributed by atoms with Crippen molar-refractivity contribution in [3.05, 3.63) is 53.3 Å². The molecule has 0 saturated carbocycles. The first-order valence-electron chi connectivity index (χ1n) is 13.2. The molecule has 2 amide bonds. The highest BCUT2D eigenvalue weighted by Crippen LogP contribution is 2.44. The minimum absolute atomic E-state index is 0.0307. The first-order valence-corrected chi connectivity index (χ1v) is 13.2. The lowest BCUT2D eigenvalue weighted by Crippen LogP contribution is -2.44. The highest BCUT2D eigenvalue weighted by molar-refractivity contribution is 6.02. The number of hydrogen-bond acceptors (Lipinski definition) is 6. The van der Waals surface area contributed by atoms with E-state index in [1.807, 2.05) is 13.8 Å². The average molecular weight is 599 g/mol. The Morgan fingerprint density at radius 1 is 1.12 bits per heavy atom. The van der Waals surface area contributed by atoms with Gasteiger partial charge in [-0.05, 0) is 32.3 Å². The molecule has 1 unspecified atom stereocenters. The molecule has 2 aromatic carbocycles. The monoisotopic (exact) mass is 598 g/mol. The van der Waals surface area contributed by atoms with Crippen LogP contribution in [-0.4, -0.2) is 65.5 Å². The van der Waals surface area contributed by atoms with E-state index in [-0.39, 0.29) is 48.2 Å². The summed E-state index contributed by atoms with van der Waals surface area (Å²) in [6.07, 6.45) is -7.11. The molecule has 9 nitrogen and oxygen atoms in total. The van der Waals surface area contributed by atoms with Crippen LogP contribution in [0.5, 0.6) is 11.5 Å². The van der Waals surface area contributed by atoms with Crippen molar-refractivity contribution in [2.45, 2.75) is 65.5 Å². The fraction of sp³-hybridized carbons (Fsp3) is 0.483. The summed E-state index contributed by atoms with van der Waals surface area (Å²) in [5, 5.41) is 9.29. The van der Waals surface area contributed by atoms with Gasteiger partial charge in [-0.25, -0.2) is 9.18 Å². The largest absolute Gasteiger partial charge is 0.488 e. The lowest BCUT2D eigenvalue weighted by molar-refractivity contribution is -0.171. The van der Waals surface area contributed by atoms with E-state index in [4.69, 9.17) is 14.2 Å².